The van der Waals surface area contributed by atoms with Crippen molar-refractivity contribution in [2.24, 2.45) is 0 Å². The van der Waals surface area contributed by atoms with Gasteiger partial charge in [-0.3, -0.25) is 4.79 Å². The average Bonchev–Trinajstić information content (AvgIpc) is 2.59. The molecule has 1 amide bonds. The normalized spacial score (nSPS) is 28.7. The molecule has 0 spiro atoms. The average molecular weight is 367 g/mol. The van der Waals surface area contributed by atoms with Gasteiger partial charge in [0.2, 0.25) is 0 Å². The lowest BCUT2D eigenvalue weighted by Crippen LogP contribution is -2.59. The highest BCUT2D eigenvalue weighted by molar-refractivity contribution is 5.88. The molecule has 1 saturated carbocycles. The Morgan fingerprint density at radius 2 is 1.92 bits per heavy atom. The van der Waals surface area contributed by atoms with Gasteiger partial charge < -0.3 is 35.6 Å². The first-order chi connectivity index (χ1) is 12.2. The lowest BCUT2D eigenvalue weighted by molar-refractivity contribution is -0.186. The number of hydrogen-bond acceptors (Lipinski definition) is 8. The molecule has 0 saturated heterocycles. The predicted octanol–water partition coefficient (Wildman–Crippen LogP) is -0.984. The van der Waals surface area contributed by atoms with E-state index in [0.717, 1.165) is 6.08 Å². The molecule has 1 aromatic rings. The molecule has 0 bridgehead atoms. The van der Waals surface area contributed by atoms with Crippen molar-refractivity contribution in [1.29, 1.82) is 0 Å². The number of amides is 1. The number of esters is 1. The van der Waals surface area contributed by atoms with E-state index in [1.165, 1.54) is 31.3 Å². The Labute approximate surface area is 149 Å². The van der Waals surface area contributed by atoms with Crippen LogP contribution in [0.2, 0.25) is 0 Å². The molecule has 0 heterocycles. The summed E-state index contributed by atoms with van der Waals surface area (Å²) in [5, 5.41) is 51.0. The third kappa shape index (κ3) is 4.31. The second-order valence-corrected chi connectivity index (χ2v) is 6.13. The fourth-order valence-corrected chi connectivity index (χ4v) is 2.78. The van der Waals surface area contributed by atoms with Gasteiger partial charge in [0.05, 0.1) is 6.10 Å². The zero-order chi connectivity index (χ0) is 19.5. The maximum absolute atomic E-state index is 11.9. The molecule has 0 aromatic heterocycles. The minimum atomic E-state index is -1.97. The number of ether oxygens (including phenoxy) is 1. The van der Waals surface area contributed by atoms with Gasteiger partial charge in [0.15, 0.2) is 11.5 Å². The van der Waals surface area contributed by atoms with Gasteiger partial charge in [-0.25, -0.2) is 4.79 Å². The van der Waals surface area contributed by atoms with Crippen molar-refractivity contribution in [3.63, 3.8) is 0 Å². The highest BCUT2D eigenvalue weighted by Crippen LogP contribution is 2.31. The van der Waals surface area contributed by atoms with Gasteiger partial charge in [0, 0.05) is 26.0 Å². The quantitative estimate of drug-likeness (QED) is 0.225. The van der Waals surface area contributed by atoms with Gasteiger partial charge in [-0.15, -0.1) is 0 Å². The highest BCUT2D eigenvalue weighted by atomic mass is 16.6. The van der Waals surface area contributed by atoms with Gasteiger partial charge in [-0.1, -0.05) is 6.07 Å². The van der Waals surface area contributed by atoms with E-state index in [0.29, 0.717) is 5.56 Å². The number of aromatic hydroxyl groups is 2. The lowest BCUT2D eigenvalue weighted by atomic mass is 9.79. The van der Waals surface area contributed by atoms with Gasteiger partial charge >= 0.3 is 5.97 Å². The van der Waals surface area contributed by atoms with E-state index in [1.54, 1.807) is 0 Å². The topological polar surface area (TPSA) is 157 Å². The van der Waals surface area contributed by atoms with Crippen molar-refractivity contribution in [2.45, 2.75) is 36.8 Å². The minimum absolute atomic E-state index is 0.308. The Morgan fingerprint density at radius 3 is 2.54 bits per heavy atom. The largest absolute Gasteiger partial charge is 0.504 e. The fraction of sp³-hybridized carbons (Fsp3) is 0.412. The Balaban J connectivity index is 2.07. The minimum Gasteiger partial charge on any atom is -0.504 e. The summed E-state index contributed by atoms with van der Waals surface area (Å²) < 4.78 is 5.05. The number of aliphatic hydroxyl groups is 3. The van der Waals surface area contributed by atoms with Crippen molar-refractivity contribution in [2.75, 3.05) is 7.05 Å². The molecule has 6 N–H and O–H groups in total. The van der Waals surface area contributed by atoms with Gasteiger partial charge in [0.1, 0.15) is 17.8 Å². The molecule has 0 radical (unpaired) electrons. The number of phenols is 2. The molecule has 26 heavy (non-hydrogen) atoms. The zero-order valence-corrected chi connectivity index (χ0v) is 14.0. The summed E-state index contributed by atoms with van der Waals surface area (Å²) in [5.74, 6) is -2.30. The van der Waals surface area contributed by atoms with Crippen LogP contribution in [0.3, 0.4) is 0 Å². The SMILES string of the molecule is CNC(=O)[C@@]1(O)C[C@@H](O)[C@H](O)[C@H](OC(=O)C=Cc2ccc(O)c(O)c2)C1. The van der Waals surface area contributed by atoms with Crippen molar-refractivity contribution in [1.82, 2.24) is 5.32 Å². The van der Waals surface area contributed by atoms with E-state index in [1.807, 2.05) is 0 Å². The number of benzene rings is 1. The highest BCUT2D eigenvalue weighted by Gasteiger charge is 2.49. The number of phenolic OH excluding ortho intramolecular Hbond substituents is 2. The molecule has 1 aliphatic carbocycles. The van der Waals surface area contributed by atoms with Crippen LogP contribution in [-0.2, 0) is 14.3 Å². The standard InChI is InChI=1S/C17H21NO8/c1-18-16(24)17(25)7-12(21)15(23)13(8-17)26-14(22)5-3-9-2-4-10(19)11(20)6-9/h2-6,12-13,15,19-21,23,25H,7-8H2,1H3,(H,18,24)/t12-,13-,15+,17-/m1/s1. The van der Waals surface area contributed by atoms with E-state index in [2.05, 4.69) is 5.32 Å². The van der Waals surface area contributed by atoms with E-state index in [-0.39, 0.29) is 24.3 Å². The van der Waals surface area contributed by atoms with Crippen LogP contribution in [0.5, 0.6) is 11.5 Å². The summed E-state index contributed by atoms with van der Waals surface area (Å²) >= 11 is 0. The maximum atomic E-state index is 11.9. The van der Waals surface area contributed by atoms with Crippen LogP contribution in [0.15, 0.2) is 24.3 Å². The third-order valence-corrected chi connectivity index (χ3v) is 4.19. The number of carbonyl (C=O) groups is 2. The van der Waals surface area contributed by atoms with Crippen LogP contribution >= 0.6 is 0 Å². The Bertz CT molecular complexity index is 719. The first-order valence-electron chi connectivity index (χ1n) is 7.87. The van der Waals surface area contributed by atoms with E-state index < -0.39 is 35.8 Å². The lowest BCUT2D eigenvalue weighted by Gasteiger charge is -2.40. The molecule has 1 aromatic carbocycles. The number of nitrogens with one attached hydrogen (secondary N) is 1. The molecule has 9 heteroatoms. The first-order valence-corrected chi connectivity index (χ1v) is 7.87. The van der Waals surface area contributed by atoms with Crippen molar-refractivity contribution in [3.8, 4) is 11.5 Å². The fourth-order valence-electron chi connectivity index (χ4n) is 2.78. The molecular weight excluding hydrogens is 346 g/mol. The maximum Gasteiger partial charge on any atom is 0.331 e. The number of aliphatic hydroxyl groups excluding tert-OH is 2. The monoisotopic (exact) mass is 367 g/mol. The molecule has 142 valence electrons. The smallest absolute Gasteiger partial charge is 0.331 e. The number of carbonyl (C=O) groups excluding carboxylic acids is 2. The van der Waals surface area contributed by atoms with E-state index >= 15 is 0 Å². The Morgan fingerprint density at radius 1 is 1.23 bits per heavy atom. The van der Waals surface area contributed by atoms with Crippen molar-refractivity contribution >= 4 is 18.0 Å². The zero-order valence-electron chi connectivity index (χ0n) is 14.0. The summed E-state index contributed by atoms with van der Waals surface area (Å²) in [4.78, 5) is 23.7. The molecule has 2 rings (SSSR count). The third-order valence-electron chi connectivity index (χ3n) is 4.19. The summed E-state index contributed by atoms with van der Waals surface area (Å²) in [6, 6.07) is 3.91. The first kappa shape index (κ1) is 19.7. The van der Waals surface area contributed by atoms with Crippen molar-refractivity contribution < 1.29 is 39.9 Å². The van der Waals surface area contributed by atoms with Crippen LogP contribution in [0.4, 0.5) is 0 Å². The van der Waals surface area contributed by atoms with Crippen LogP contribution in [-0.4, -0.2) is 68.4 Å². The molecule has 1 fully saturated rings. The van der Waals surface area contributed by atoms with Gasteiger partial charge in [-0.05, 0) is 23.8 Å². The molecule has 9 nitrogen and oxygen atoms in total. The summed E-state index contributed by atoms with van der Waals surface area (Å²) in [6.07, 6.45) is -2.62. The van der Waals surface area contributed by atoms with Crippen LogP contribution < -0.4 is 5.32 Å². The number of hydrogen-bond donors (Lipinski definition) is 6. The Hall–Kier alpha value is -2.62. The molecule has 1 aliphatic rings. The summed E-state index contributed by atoms with van der Waals surface area (Å²) in [7, 11) is 1.31. The van der Waals surface area contributed by atoms with Crippen LogP contribution in [0.25, 0.3) is 6.08 Å². The van der Waals surface area contributed by atoms with E-state index in [9.17, 15) is 35.1 Å². The number of likely N-dealkylation sites (N-methyl/N-ethyl adjacent to an activating group) is 1. The second-order valence-electron chi connectivity index (χ2n) is 6.13. The Kier molecular flexibility index (Phi) is 5.86. The summed E-state index contributed by atoms with van der Waals surface area (Å²) in [6.45, 7) is 0. The van der Waals surface area contributed by atoms with E-state index in [4.69, 9.17) is 4.74 Å². The van der Waals surface area contributed by atoms with Crippen LogP contribution in [0, 0.1) is 0 Å². The second kappa shape index (κ2) is 7.73. The molecule has 0 unspecified atom stereocenters. The molecule has 4 atom stereocenters. The summed E-state index contributed by atoms with van der Waals surface area (Å²) in [5.41, 5.74) is -1.56. The number of rotatable bonds is 4. The van der Waals surface area contributed by atoms with Gasteiger partial charge in [-0.2, -0.15) is 0 Å². The molecule has 0 aliphatic heterocycles. The van der Waals surface area contributed by atoms with Crippen LogP contribution in [0.1, 0.15) is 18.4 Å². The van der Waals surface area contributed by atoms with Crippen molar-refractivity contribution in [3.05, 3.63) is 29.8 Å². The molecular formula is C17H21NO8. The van der Waals surface area contributed by atoms with Gasteiger partial charge in [0.25, 0.3) is 5.91 Å². The predicted molar refractivity (Wildman–Crippen MR) is 88.9 cm³/mol.